The van der Waals surface area contributed by atoms with Crippen LogP contribution in [-0.4, -0.2) is 12.0 Å². The molecule has 0 fully saturated rings. The number of hydrogen-bond acceptors (Lipinski definition) is 2. The lowest BCUT2D eigenvalue weighted by Gasteiger charge is -2.05. The lowest BCUT2D eigenvalue weighted by Crippen LogP contribution is -1.92. The van der Waals surface area contributed by atoms with Crippen molar-refractivity contribution in [1.29, 1.82) is 0 Å². The van der Waals surface area contributed by atoms with Gasteiger partial charge in [0.2, 0.25) is 0 Å². The van der Waals surface area contributed by atoms with Crippen molar-refractivity contribution in [3.8, 4) is 0 Å². The number of pyridine rings is 1. The van der Waals surface area contributed by atoms with E-state index in [9.17, 15) is 0 Å². The third-order valence-electron chi connectivity index (χ3n) is 1.18. The normalized spacial score (nSPS) is 9.82. The minimum Gasteiger partial charge on any atom is -0.386 e. The van der Waals surface area contributed by atoms with Gasteiger partial charge < -0.3 is 5.32 Å². The fourth-order valence-corrected chi connectivity index (χ4v) is 1.35. The fourth-order valence-electron chi connectivity index (χ4n) is 0.672. The molecule has 0 saturated carbocycles. The van der Waals surface area contributed by atoms with E-state index >= 15 is 0 Å². The maximum Gasteiger partial charge on any atom is 0.149 e. The molecule has 60 valence electrons. The van der Waals surface area contributed by atoms with E-state index < -0.39 is 0 Å². The molecule has 2 nitrogen and oxygen atoms in total. The molecular formula is C6H5Cl3N2. The number of anilines is 1. The molecule has 0 unspecified atom stereocenters. The van der Waals surface area contributed by atoms with Crippen LogP contribution in [0.2, 0.25) is 15.2 Å². The molecule has 1 aromatic rings. The van der Waals surface area contributed by atoms with Crippen molar-refractivity contribution in [2.75, 3.05) is 12.4 Å². The standard InChI is InChI=1S/C6H5Cl3N2/c1-10-5-3(7)2-11-6(9)4(5)8/h2H,1H3,(H,10,11). The van der Waals surface area contributed by atoms with Crippen LogP contribution in [0.4, 0.5) is 5.69 Å². The van der Waals surface area contributed by atoms with Crippen LogP contribution >= 0.6 is 34.8 Å². The van der Waals surface area contributed by atoms with Crippen molar-refractivity contribution in [2.24, 2.45) is 0 Å². The number of rotatable bonds is 1. The smallest absolute Gasteiger partial charge is 0.149 e. The van der Waals surface area contributed by atoms with Gasteiger partial charge in [0.25, 0.3) is 0 Å². The van der Waals surface area contributed by atoms with Crippen LogP contribution in [0.25, 0.3) is 0 Å². The van der Waals surface area contributed by atoms with Crippen molar-refractivity contribution in [2.45, 2.75) is 0 Å². The van der Waals surface area contributed by atoms with Crippen molar-refractivity contribution in [3.05, 3.63) is 21.4 Å². The first-order valence-corrected chi connectivity index (χ1v) is 3.97. The summed E-state index contributed by atoms with van der Waals surface area (Å²) in [6, 6.07) is 0. The molecule has 0 amide bonds. The minimum absolute atomic E-state index is 0.250. The second-order valence-corrected chi connectivity index (χ2v) is 2.98. The molecule has 5 heteroatoms. The highest BCUT2D eigenvalue weighted by molar-refractivity contribution is 6.45. The van der Waals surface area contributed by atoms with Gasteiger partial charge in [0.05, 0.1) is 10.7 Å². The summed E-state index contributed by atoms with van der Waals surface area (Å²) in [6.45, 7) is 0. The van der Waals surface area contributed by atoms with Gasteiger partial charge in [0.1, 0.15) is 10.2 Å². The van der Waals surface area contributed by atoms with Gasteiger partial charge in [-0.25, -0.2) is 4.98 Å². The number of hydrogen-bond donors (Lipinski definition) is 1. The molecule has 0 saturated heterocycles. The van der Waals surface area contributed by atoms with Gasteiger partial charge in [0.15, 0.2) is 0 Å². The molecule has 0 aliphatic carbocycles. The largest absolute Gasteiger partial charge is 0.386 e. The Hall–Kier alpha value is -0.180. The Balaban J connectivity index is 3.29. The SMILES string of the molecule is CNc1c(Cl)cnc(Cl)c1Cl. The van der Waals surface area contributed by atoms with Crippen molar-refractivity contribution in [3.63, 3.8) is 0 Å². The van der Waals surface area contributed by atoms with Crippen LogP contribution in [-0.2, 0) is 0 Å². The van der Waals surface area contributed by atoms with Crippen LogP contribution in [0.15, 0.2) is 6.20 Å². The topological polar surface area (TPSA) is 24.9 Å². The zero-order valence-electron chi connectivity index (χ0n) is 5.66. The maximum absolute atomic E-state index is 5.76. The predicted octanol–water partition coefficient (Wildman–Crippen LogP) is 3.08. The van der Waals surface area contributed by atoms with E-state index in [2.05, 4.69) is 10.3 Å². The Labute approximate surface area is 79.5 Å². The number of halogens is 3. The molecule has 0 radical (unpaired) electrons. The van der Waals surface area contributed by atoms with Gasteiger partial charge in [0, 0.05) is 13.2 Å². The summed E-state index contributed by atoms with van der Waals surface area (Å²) in [5.41, 5.74) is 0.605. The quantitative estimate of drug-likeness (QED) is 0.722. The van der Waals surface area contributed by atoms with Gasteiger partial charge in [-0.15, -0.1) is 0 Å². The Morgan fingerprint density at radius 2 is 2.00 bits per heavy atom. The highest BCUT2D eigenvalue weighted by Gasteiger charge is 2.07. The zero-order chi connectivity index (χ0) is 8.43. The van der Waals surface area contributed by atoms with E-state index in [0.717, 1.165) is 0 Å². The Morgan fingerprint density at radius 1 is 1.36 bits per heavy atom. The van der Waals surface area contributed by atoms with E-state index in [1.165, 1.54) is 6.20 Å². The molecule has 0 aliphatic rings. The maximum atomic E-state index is 5.76. The molecule has 0 spiro atoms. The van der Waals surface area contributed by atoms with Crippen LogP contribution in [0.3, 0.4) is 0 Å². The van der Waals surface area contributed by atoms with Gasteiger partial charge in [-0.05, 0) is 0 Å². The van der Waals surface area contributed by atoms with E-state index in [-0.39, 0.29) is 5.15 Å². The lowest BCUT2D eigenvalue weighted by molar-refractivity contribution is 1.32. The molecule has 0 aromatic carbocycles. The number of nitrogens with one attached hydrogen (secondary N) is 1. The third-order valence-corrected chi connectivity index (χ3v) is 2.22. The molecule has 1 N–H and O–H groups in total. The van der Waals surface area contributed by atoms with Crippen molar-refractivity contribution < 1.29 is 0 Å². The molecule has 0 aliphatic heterocycles. The fraction of sp³-hybridized carbons (Fsp3) is 0.167. The van der Waals surface area contributed by atoms with Crippen LogP contribution < -0.4 is 5.32 Å². The first-order valence-electron chi connectivity index (χ1n) is 2.84. The monoisotopic (exact) mass is 210 g/mol. The molecular weight excluding hydrogens is 206 g/mol. The predicted molar refractivity (Wildman–Crippen MR) is 48.8 cm³/mol. The first kappa shape index (κ1) is 8.91. The second-order valence-electron chi connectivity index (χ2n) is 1.84. The van der Waals surface area contributed by atoms with Gasteiger partial charge in [-0.3, -0.25) is 0 Å². The molecule has 0 atom stereocenters. The second kappa shape index (κ2) is 3.48. The summed E-state index contributed by atoms with van der Waals surface area (Å²) >= 11 is 17.1. The van der Waals surface area contributed by atoms with Gasteiger partial charge >= 0.3 is 0 Å². The minimum atomic E-state index is 0.250. The summed E-state index contributed by atoms with van der Waals surface area (Å²) in [5, 5.41) is 3.88. The summed E-state index contributed by atoms with van der Waals surface area (Å²) in [4.78, 5) is 3.75. The Morgan fingerprint density at radius 3 is 2.45 bits per heavy atom. The third kappa shape index (κ3) is 1.70. The van der Waals surface area contributed by atoms with E-state index in [4.69, 9.17) is 34.8 Å². The Bertz CT molecular complexity index is 275. The molecule has 11 heavy (non-hydrogen) atoms. The van der Waals surface area contributed by atoms with Crippen molar-refractivity contribution in [1.82, 2.24) is 4.98 Å². The average molecular weight is 211 g/mol. The average Bonchev–Trinajstić information content (AvgIpc) is 1.99. The van der Waals surface area contributed by atoms with E-state index in [1.807, 2.05) is 0 Å². The molecule has 1 heterocycles. The summed E-state index contributed by atoms with van der Waals surface area (Å²) in [6.07, 6.45) is 1.45. The van der Waals surface area contributed by atoms with Crippen LogP contribution in [0.5, 0.6) is 0 Å². The lowest BCUT2D eigenvalue weighted by atomic mass is 10.4. The molecule has 0 bridgehead atoms. The zero-order valence-corrected chi connectivity index (χ0v) is 7.93. The number of aromatic nitrogens is 1. The summed E-state index contributed by atoms with van der Waals surface area (Å²) in [7, 11) is 1.71. The number of nitrogens with zero attached hydrogens (tertiary/aromatic N) is 1. The highest BCUT2D eigenvalue weighted by Crippen LogP contribution is 2.33. The Kier molecular flexibility index (Phi) is 2.82. The first-order chi connectivity index (χ1) is 5.16. The molecule has 1 aromatic heterocycles. The van der Waals surface area contributed by atoms with E-state index in [0.29, 0.717) is 15.7 Å². The highest BCUT2D eigenvalue weighted by atomic mass is 35.5. The summed E-state index contributed by atoms with van der Waals surface area (Å²) in [5.74, 6) is 0. The van der Waals surface area contributed by atoms with Crippen molar-refractivity contribution >= 4 is 40.5 Å². The van der Waals surface area contributed by atoms with Crippen LogP contribution in [0, 0.1) is 0 Å². The molecule has 1 rings (SSSR count). The summed E-state index contributed by atoms with van der Waals surface area (Å²) < 4.78 is 0. The van der Waals surface area contributed by atoms with Gasteiger partial charge in [-0.2, -0.15) is 0 Å². The van der Waals surface area contributed by atoms with Gasteiger partial charge in [-0.1, -0.05) is 34.8 Å². The van der Waals surface area contributed by atoms with E-state index in [1.54, 1.807) is 7.05 Å². The van der Waals surface area contributed by atoms with Crippen LogP contribution in [0.1, 0.15) is 0 Å².